The number of carbonyl (C=O) groups is 1. The molecule has 116 valence electrons. The van der Waals surface area contributed by atoms with Crippen LogP contribution >= 0.6 is 11.6 Å². The maximum atomic E-state index is 13.4. The Kier molecular flexibility index (Phi) is 5.05. The van der Waals surface area contributed by atoms with Crippen LogP contribution in [0.1, 0.15) is 22.0 Å². The van der Waals surface area contributed by atoms with Gasteiger partial charge in [-0.05, 0) is 29.8 Å². The van der Waals surface area contributed by atoms with Gasteiger partial charge in [-0.3, -0.25) is 4.79 Å². The Morgan fingerprint density at radius 2 is 1.91 bits per heavy atom. The first-order chi connectivity index (χ1) is 10.4. The second-order valence-corrected chi connectivity index (χ2v) is 4.91. The largest absolute Gasteiger partial charge is 0.387 e. The molecule has 2 rings (SSSR count). The molecule has 0 saturated heterocycles. The van der Waals surface area contributed by atoms with Crippen molar-refractivity contribution in [1.29, 1.82) is 0 Å². The van der Waals surface area contributed by atoms with E-state index in [1.807, 2.05) is 0 Å². The van der Waals surface area contributed by atoms with Crippen molar-refractivity contribution in [2.75, 3.05) is 6.54 Å². The summed E-state index contributed by atoms with van der Waals surface area (Å²) in [7, 11) is 0. The molecule has 0 aliphatic heterocycles. The van der Waals surface area contributed by atoms with E-state index in [9.17, 15) is 23.1 Å². The van der Waals surface area contributed by atoms with Crippen LogP contribution in [0.4, 0.5) is 13.2 Å². The fourth-order valence-electron chi connectivity index (χ4n) is 1.80. The van der Waals surface area contributed by atoms with Gasteiger partial charge in [-0.2, -0.15) is 0 Å². The first-order valence-corrected chi connectivity index (χ1v) is 6.63. The van der Waals surface area contributed by atoms with E-state index in [0.717, 1.165) is 18.2 Å². The van der Waals surface area contributed by atoms with Crippen molar-refractivity contribution in [2.24, 2.45) is 0 Å². The van der Waals surface area contributed by atoms with Crippen molar-refractivity contribution in [3.8, 4) is 0 Å². The van der Waals surface area contributed by atoms with Crippen LogP contribution in [0.15, 0.2) is 36.4 Å². The van der Waals surface area contributed by atoms with Crippen LogP contribution in [0.5, 0.6) is 0 Å². The standard InChI is InChI=1S/C15H11ClF3NO2/c16-10-5-4-8(6-12(10)18)13(21)7-20-15(22)9-2-1-3-11(17)14(9)19/h1-6,13,21H,7H2,(H,20,22). The first kappa shape index (κ1) is 16.3. The maximum Gasteiger partial charge on any atom is 0.254 e. The lowest BCUT2D eigenvalue weighted by molar-refractivity contribution is 0.0911. The first-order valence-electron chi connectivity index (χ1n) is 6.25. The molecule has 7 heteroatoms. The number of carbonyl (C=O) groups excluding carboxylic acids is 1. The number of nitrogens with one attached hydrogen (secondary N) is 1. The fourth-order valence-corrected chi connectivity index (χ4v) is 1.92. The van der Waals surface area contributed by atoms with Crippen LogP contribution in [0.2, 0.25) is 5.02 Å². The van der Waals surface area contributed by atoms with Crippen LogP contribution in [-0.4, -0.2) is 17.6 Å². The number of aliphatic hydroxyl groups is 1. The van der Waals surface area contributed by atoms with E-state index in [4.69, 9.17) is 11.6 Å². The number of hydrogen-bond donors (Lipinski definition) is 2. The van der Waals surface area contributed by atoms with Gasteiger partial charge in [-0.1, -0.05) is 23.7 Å². The van der Waals surface area contributed by atoms with Gasteiger partial charge in [0.2, 0.25) is 0 Å². The van der Waals surface area contributed by atoms with Crippen molar-refractivity contribution in [3.05, 3.63) is 70.0 Å². The normalized spacial score (nSPS) is 12.0. The number of aliphatic hydroxyl groups excluding tert-OH is 1. The highest BCUT2D eigenvalue weighted by atomic mass is 35.5. The average Bonchev–Trinajstić information content (AvgIpc) is 2.50. The van der Waals surface area contributed by atoms with Crippen LogP contribution < -0.4 is 5.32 Å². The van der Waals surface area contributed by atoms with Crippen molar-refractivity contribution in [3.63, 3.8) is 0 Å². The molecule has 1 atom stereocenters. The maximum absolute atomic E-state index is 13.4. The second-order valence-electron chi connectivity index (χ2n) is 4.50. The third-order valence-corrected chi connectivity index (χ3v) is 3.29. The molecule has 2 N–H and O–H groups in total. The molecular formula is C15H11ClF3NO2. The molecule has 0 aromatic heterocycles. The van der Waals surface area contributed by atoms with Crippen LogP contribution in [0, 0.1) is 17.5 Å². The van der Waals surface area contributed by atoms with Gasteiger partial charge in [0.15, 0.2) is 11.6 Å². The van der Waals surface area contributed by atoms with E-state index < -0.39 is 35.0 Å². The van der Waals surface area contributed by atoms with Gasteiger partial charge >= 0.3 is 0 Å². The highest BCUT2D eigenvalue weighted by molar-refractivity contribution is 6.30. The molecule has 0 spiro atoms. The second kappa shape index (κ2) is 6.81. The summed E-state index contributed by atoms with van der Waals surface area (Å²) in [5.74, 6) is -4.01. The van der Waals surface area contributed by atoms with Crippen molar-refractivity contribution < 1.29 is 23.1 Å². The highest BCUT2D eigenvalue weighted by Crippen LogP contribution is 2.20. The molecule has 0 bridgehead atoms. The lowest BCUT2D eigenvalue weighted by atomic mass is 10.1. The van der Waals surface area contributed by atoms with Crippen LogP contribution in [0.3, 0.4) is 0 Å². The third-order valence-electron chi connectivity index (χ3n) is 2.98. The minimum atomic E-state index is -1.27. The summed E-state index contributed by atoms with van der Waals surface area (Å²) in [6.07, 6.45) is -1.22. The molecule has 0 saturated carbocycles. The highest BCUT2D eigenvalue weighted by Gasteiger charge is 2.17. The minimum Gasteiger partial charge on any atom is -0.387 e. The Labute approximate surface area is 129 Å². The van der Waals surface area contributed by atoms with E-state index in [0.29, 0.717) is 0 Å². The van der Waals surface area contributed by atoms with E-state index in [2.05, 4.69) is 5.32 Å². The summed E-state index contributed by atoms with van der Waals surface area (Å²) < 4.78 is 39.7. The number of benzene rings is 2. The minimum absolute atomic E-state index is 0.0955. The predicted octanol–water partition coefficient (Wildman–Crippen LogP) is 3.22. The molecule has 1 unspecified atom stereocenters. The molecule has 0 radical (unpaired) electrons. The zero-order valence-corrected chi connectivity index (χ0v) is 11.9. The molecule has 0 aliphatic carbocycles. The third kappa shape index (κ3) is 3.58. The lowest BCUT2D eigenvalue weighted by Crippen LogP contribution is -2.29. The molecule has 2 aromatic rings. The lowest BCUT2D eigenvalue weighted by Gasteiger charge is -2.13. The summed E-state index contributed by atoms with van der Waals surface area (Å²) in [6, 6.07) is 6.88. The van der Waals surface area contributed by atoms with Gasteiger partial charge in [-0.15, -0.1) is 0 Å². The monoisotopic (exact) mass is 329 g/mol. The van der Waals surface area contributed by atoms with Gasteiger partial charge in [0.05, 0.1) is 16.7 Å². The zero-order chi connectivity index (χ0) is 16.3. The Morgan fingerprint density at radius 3 is 2.59 bits per heavy atom. The Morgan fingerprint density at radius 1 is 1.18 bits per heavy atom. The molecule has 0 fully saturated rings. The fraction of sp³-hybridized carbons (Fsp3) is 0.133. The van der Waals surface area contributed by atoms with E-state index in [-0.39, 0.29) is 17.1 Å². The number of rotatable bonds is 4. The van der Waals surface area contributed by atoms with E-state index >= 15 is 0 Å². The topological polar surface area (TPSA) is 49.3 Å². The Balaban J connectivity index is 2.04. The molecule has 22 heavy (non-hydrogen) atoms. The quantitative estimate of drug-likeness (QED) is 0.905. The van der Waals surface area contributed by atoms with Crippen LogP contribution in [0.25, 0.3) is 0 Å². The Bertz CT molecular complexity index is 709. The van der Waals surface area contributed by atoms with Gasteiger partial charge in [0, 0.05) is 6.54 Å². The number of amides is 1. The summed E-state index contributed by atoms with van der Waals surface area (Å²) in [6.45, 7) is -0.296. The smallest absolute Gasteiger partial charge is 0.254 e. The van der Waals surface area contributed by atoms with Crippen molar-refractivity contribution in [2.45, 2.75) is 6.10 Å². The van der Waals surface area contributed by atoms with Crippen molar-refractivity contribution >= 4 is 17.5 Å². The van der Waals surface area contributed by atoms with Crippen molar-refractivity contribution in [1.82, 2.24) is 5.32 Å². The molecule has 2 aromatic carbocycles. The summed E-state index contributed by atoms with van der Waals surface area (Å²) in [5, 5.41) is 12.0. The number of halogens is 4. The zero-order valence-electron chi connectivity index (χ0n) is 11.1. The van der Waals surface area contributed by atoms with Gasteiger partial charge in [0.25, 0.3) is 5.91 Å². The Hall–Kier alpha value is -2.05. The summed E-state index contributed by atoms with van der Waals surface area (Å²) >= 11 is 5.52. The van der Waals surface area contributed by atoms with Gasteiger partial charge in [0.1, 0.15) is 5.82 Å². The SMILES string of the molecule is O=C(NCC(O)c1ccc(Cl)c(F)c1)c1cccc(F)c1F. The molecular weight excluding hydrogens is 319 g/mol. The summed E-state index contributed by atoms with van der Waals surface area (Å²) in [4.78, 5) is 11.8. The molecule has 0 heterocycles. The number of hydrogen-bond acceptors (Lipinski definition) is 2. The summed E-state index contributed by atoms with van der Waals surface area (Å²) in [5.41, 5.74) is -0.281. The molecule has 1 amide bonds. The van der Waals surface area contributed by atoms with Gasteiger partial charge in [-0.25, -0.2) is 13.2 Å². The predicted molar refractivity (Wildman–Crippen MR) is 75.1 cm³/mol. The average molecular weight is 330 g/mol. The molecule has 0 aliphatic rings. The van der Waals surface area contributed by atoms with E-state index in [1.165, 1.54) is 18.2 Å². The van der Waals surface area contributed by atoms with Crippen LogP contribution in [-0.2, 0) is 0 Å². The van der Waals surface area contributed by atoms with Gasteiger partial charge < -0.3 is 10.4 Å². The van der Waals surface area contributed by atoms with E-state index in [1.54, 1.807) is 0 Å². The molecule has 3 nitrogen and oxygen atoms in total.